The van der Waals surface area contributed by atoms with Crippen molar-refractivity contribution in [3.05, 3.63) is 40.9 Å². The molecule has 0 spiro atoms. The van der Waals surface area contributed by atoms with Gasteiger partial charge in [-0.1, -0.05) is 0 Å². The highest BCUT2D eigenvalue weighted by Gasteiger charge is 2.40. The van der Waals surface area contributed by atoms with Gasteiger partial charge in [0.25, 0.3) is 5.56 Å². The van der Waals surface area contributed by atoms with Crippen LogP contribution in [0.3, 0.4) is 0 Å². The number of aromatic nitrogens is 3. The maximum Gasteiger partial charge on any atom is 0.255 e. The van der Waals surface area contributed by atoms with Gasteiger partial charge in [-0.15, -0.1) is 0 Å². The van der Waals surface area contributed by atoms with Crippen LogP contribution in [0.5, 0.6) is 0 Å². The summed E-state index contributed by atoms with van der Waals surface area (Å²) in [5.41, 5.74) is 1.64. The van der Waals surface area contributed by atoms with E-state index in [4.69, 9.17) is 4.98 Å². The summed E-state index contributed by atoms with van der Waals surface area (Å²) in [6, 6.07) is 6.29. The molecule has 4 heterocycles. The van der Waals surface area contributed by atoms with Crippen LogP contribution in [0.2, 0.25) is 0 Å². The fourth-order valence-corrected chi connectivity index (χ4v) is 3.87. The first kappa shape index (κ1) is 14.4. The fraction of sp³-hybridized carbons (Fsp3) is 0.471. The second-order valence-electron chi connectivity index (χ2n) is 6.59. The number of nitrogens with zero attached hydrogens (tertiary/aromatic N) is 5. The molecule has 6 nitrogen and oxygen atoms in total. The topological polar surface area (TPSA) is 54.3 Å². The summed E-state index contributed by atoms with van der Waals surface area (Å²) in [4.78, 5) is 26.1. The lowest BCUT2D eigenvalue weighted by atomic mass is 10.2. The van der Waals surface area contributed by atoms with E-state index < -0.39 is 0 Å². The molecule has 2 aliphatic rings. The van der Waals surface area contributed by atoms with Gasteiger partial charge in [0, 0.05) is 56.2 Å². The highest BCUT2D eigenvalue weighted by molar-refractivity contribution is 5.60. The Morgan fingerprint density at radius 3 is 2.39 bits per heavy atom. The number of hydrogen-bond acceptors (Lipinski definition) is 5. The van der Waals surface area contributed by atoms with E-state index >= 15 is 0 Å². The van der Waals surface area contributed by atoms with Crippen LogP contribution in [0.25, 0.3) is 11.3 Å². The summed E-state index contributed by atoms with van der Waals surface area (Å²) >= 11 is 0. The zero-order chi connectivity index (χ0) is 16.0. The molecule has 0 amide bonds. The van der Waals surface area contributed by atoms with Crippen molar-refractivity contribution in [3.63, 3.8) is 0 Å². The van der Waals surface area contributed by atoms with Crippen LogP contribution >= 0.6 is 0 Å². The lowest BCUT2D eigenvalue weighted by Crippen LogP contribution is -2.54. The average molecular weight is 311 g/mol. The summed E-state index contributed by atoms with van der Waals surface area (Å²) in [6.07, 6.45) is 5.80. The molecular formula is C17H21N5O. The molecule has 120 valence electrons. The summed E-state index contributed by atoms with van der Waals surface area (Å²) in [5, 5.41) is 0. The molecule has 2 aromatic rings. The van der Waals surface area contributed by atoms with Crippen LogP contribution in [-0.2, 0) is 7.05 Å². The Morgan fingerprint density at radius 2 is 1.74 bits per heavy atom. The zero-order valence-electron chi connectivity index (χ0n) is 13.5. The number of anilines is 1. The van der Waals surface area contributed by atoms with Crippen molar-refractivity contribution >= 4 is 5.95 Å². The zero-order valence-corrected chi connectivity index (χ0v) is 13.5. The lowest BCUT2D eigenvalue weighted by molar-refractivity contribution is 0.261. The van der Waals surface area contributed by atoms with Crippen LogP contribution in [0.4, 0.5) is 5.95 Å². The van der Waals surface area contributed by atoms with E-state index in [1.165, 1.54) is 12.8 Å². The van der Waals surface area contributed by atoms with Gasteiger partial charge in [-0.25, -0.2) is 4.98 Å². The molecule has 2 saturated heterocycles. The highest BCUT2D eigenvalue weighted by Crippen LogP contribution is 2.33. The summed E-state index contributed by atoms with van der Waals surface area (Å²) in [6.45, 7) is 2.07. The Balaban J connectivity index is 1.80. The van der Waals surface area contributed by atoms with Crippen molar-refractivity contribution in [1.29, 1.82) is 0 Å². The van der Waals surface area contributed by atoms with Crippen molar-refractivity contribution in [1.82, 2.24) is 19.4 Å². The Kier molecular flexibility index (Phi) is 3.41. The monoisotopic (exact) mass is 311 g/mol. The number of piperazine rings is 1. The van der Waals surface area contributed by atoms with Crippen LogP contribution < -0.4 is 10.5 Å². The van der Waals surface area contributed by atoms with Crippen LogP contribution in [-0.4, -0.2) is 51.7 Å². The second kappa shape index (κ2) is 5.45. The molecule has 2 aromatic heterocycles. The molecule has 2 bridgehead atoms. The normalized spacial score (nSPS) is 24.2. The predicted octanol–water partition coefficient (Wildman–Crippen LogP) is 1.13. The number of fused-ring (bicyclic) bond motifs is 2. The van der Waals surface area contributed by atoms with E-state index in [2.05, 4.69) is 21.8 Å². The summed E-state index contributed by atoms with van der Waals surface area (Å²) < 4.78 is 1.68. The predicted molar refractivity (Wildman–Crippen MR) is 89.5 cm³/mol. The molecule has 0 aromatic carbocycles. The van der Waals surface area contributed by atoms with E-state index in [0.717, 1.165) is 30.3 Å². The third-order valence-electron chi connectivity index (χ3n) is 4.98. The number of likely N-dealkylation sites (tertiary alicyclic amines) is 1. The van der Waals surface area contributed by atoms with Gasteiger partial charge in [0.15, 0.2) is 0 Å². The Morgan fingerprint density at radius 1 is 1.09 bits per heavy atom. The van der Waals surface area contributed by atoms with Crippen LogP contribution in [0.1, 0.15) is 12.8 Å². The molecular weight excluding hydrogens is 290 g/mol. The molecule has 0 radical (unpaired) electrons. The van der Waals surface area contributed by atoms with E-state index in [9.17, 15) is 4.79 Å². The van der Waals surface area contributed by atoms with Crippen molar-refractivity contribution in [3.8, 4) is 11.3 Å². The summed E-state index contributed by atoms with van der Waals surface area (Å²) in [7, 11) is 3.99. The Labute approximate surface area is 135 Å². The molecule has 2 atom stereocenters. The average Bonchev–Trinajstić information content (AvgIpc) is 2.82. The molecule has 2 aliphatic heterocycles. The maximum atomic E-state index is 12.4. The van der Waals surface area contributed by atoms with Gasteiger partial charge >= 0.3 is 0 Å². The third-order valence-corrected chi connectivity index (χ3v) is 4.98. The quantitative estimate of drug-likeness (QED) is 0.832. The van der Waals surface area contributed by atoms with Crippen molar-refractivity contribution in [2.45, 2.75) is 24.9 Å². The SMILES string of the molecule is CN1CC2CC[C@H](C1)N2c1nc(-c2ccncc2)cc(=O)n1C. The number of likely N-dealkylation sites (N-methyl/N-ethyl adjacent to an activating group) is 1. The van der Waals surface area contributed by atoms with E-state index in [1.807, 2.05) is 19.2 Å². The Hall–Kier alpha value is -2.21. The van der Waals surface area contributed by atoms with Gasteiger partial charge in [-0.3, -0.25) is 14.3 Å². The van der Waals surface area contributed by atoms with Gasteiger partial charge in [-0.2, -0.15) is 0 Å². The minimum absolute atomic E-state index is 0.0138. The standard InChI is InChI=1S/C17H21N5O/c1-20-10-13-3-4-14(11-20)22(13)17-19-15(9-16(23)21(17)2)12-5-7-18-8-6-12/h5-9,13-14H,3-4,10-11H2,1-2H3/t13-,14?/m1/s1. The van der Waals surface area contributed by atoms with Crippen molar-refractivity contribution in [2.75, 3.05) is 25.0 Å². The molecule has 1 unspecified atom stereocenters. The van der Waals surface area contributed by atoms with E-state index in [-0.39, 0.29) is 5.56 Å². The maximum absolute atomic E-state index is 12.4. The van der Waals surface area contributed by atoms with E-state index in [0.29, 0.717) is 12.1 Å². The lowest BCUT2D eigenvalue weighted by Gasteiger charge is -2.40. The smallest absolute Gasteiger partial charge is 0.255 e. The van der Waals surface area contributed by atoms with Gasteiger partial charge in [0.05, 0.1) is 5.69 Å². The molecule has 2 fully saturated rings. The first-order valence-electron chi connectivity index (χ1n) is 8.09. The van der Waals surface area contributed by atoms with Crippen LogP contribution in [0.15, 0.2) is 35.4 Å². The molecule has 0 saturated carbocycles. The molecule has 4 rings (SSSR count). The molecule has 0 aliphatic carbocycles. The highest BCUT2D eigenvalue weighted by atomic mass is 16.1. The number of hydrogen-bond donors (Lipinski definition) is 0. The van der Waals surface area contributed by atoms with Gasteiger partial charge in [-0.05, 0) is 32.0 Å². The van der Waals surface area contributed by atoms with Crippen molar-refractivity contribution < 1.29 is 0 Å². The number of rotatable bonds is 2. The molecule has 0 N–H and O–H groups in total. The number of pyridine rings is 1. The van der Waals surface area contributed by atoms with Crippen LogP contribution in [0, 0.1) is 0 Å². The van der Waals surface area contributed by atoms with Gasteiger partial charge in [0.2, 0.25) is 5.95 Å². The third kappa shape index (κ3) is 2.43. The molecule has 6 heteroatoms. The van der Waals surface area contributed by atoms with Gasteiger partial charge < -0.3 is 9.80 Å². The van der Waals surface area contributed by atoms with Crippen molar-refractivity contribution in [2.24, 2.45) is 7.05 Å². The summed E-state index contributed by atoms with van der Waals surface area (Å²) in [5.74, 6) is 0.796. The Bertz CT molecular complexity index is 758. The van der Waals surface area contributed by atoms with E-state index in [1.54, 1.807) is 23.0 Å². The minimum atomic E-state index is -0.0138. The fourth-order valence-electron chi connectivity index (χ4n) is 3.87. The minimum Gasteiger partial charge on any atom is -0.334 e. The van der Waals surface area contributed by atoms with Gasteiger partial charge in [0.1, 0.15) is 0 Å². The first-order chi connectivity index (χ1) is 11.1. The largest absolute Gasteiger partial charge is 0.334 e. The second-order valence-corrected chi connectivity index (χ2v) is 6.59. The first-order valence-corrected chi connectivity index (χ1v) is 8.09. The molecule has 23 heavy (non-hydrogen) atoms.